The van der Waals surface area contributed by atoms with Crippen LogP contribution in [0.2, 0.25) is 0 Å². The first-order chi connectivity index (χ1) is 28.6. The van der Waals surface area contributed by atoms with E-state index in [2.05, 4.69) is 9.93 Å². The van der Waals surface area contributed by atoms with Crippen molar-refractivity contribution in [2.75, 3.05) is 21.2 Å². The van der Waals surface area contributed by atoms with E-state index < -0.39 is 112 Å². The van der Waals surface area contributed by atoms with Crippen LogP contribution < -0.4 is 4.83 Å². The lowest BCUT2D eigenvalue weighted by Crippen LogP contribution is -2.61. The fraction of sp³-hybridized carbons (Fsp3) is 0.818. The van der Waals surface area contributed by atoms with Gasteiger partial charge in [0, 0.05) is 37.1 Å². The molecule has 18 heteroatoms. The summed E-state index contributed by atoms with van der Waals surface area (Å²) in [5.74, 6) is -4.73. The number of carbonyl (C=O) groups is 1. The summed E-state index contributed by atoms with van der Waals surface area (Å²) >= 11 is 0. The number of aliphatic hydroxyl groups is 5. The molecule has 3 aliphatic rings. The Labute approximate surface area is 368 Å². The summed E-state index contributed by atoms with van der Waals surface area (Å²) in [6.45, 7) is 18.2. The van der Waals surface area contributed by atoms with Gasteiger partial charge in [0.1, 0.15) is 23.9 Å². The number of hydrazone groups is 1. The molecule has 0 spiro atoms. The summed E-state index contributed by atoms with van der Waals surface area (Å²) in [4.78, 5) is 18.5. The molecule has 3 saturated heterocycles. The first kappa shape index (κ1) is 52.3. The topological polar surface area (TPSA) is 235 Å². The van der Waals surface area contributed by atoms with Crippen LogP contribution in [0.3, 0.4) is 0 Å². The van der Waals surface area contributed by atoms with Crippen molar-refractivity contribution in [3.63, 3.8) is 0 Å². The number of likely N-dealkylation sites (N-methyl/N-ethyl adjacent to an activating group) is 1. The number of benzene rings is 1. The molecule has 0 unspecified atom stereocenters. The van der Waals surface area contributed by atoms with Crippen molar-refractivity contribution in [3.05, 3.63) is 29.8 Å². The average Bonchev–Trinajstić information content (AvgIpc) is 3.19. The third-order valence-electron chi connectivity index (χ3n) is 13.5. The SMILES string of the molecule is CC[C@H]1OC(=O)[C@H](C)[C@@H](O[C@H]2C[C@@](C)(OC)[C@@H](O)[C@H](C)O2)[C@H](C)[C@@H](O[C@H]2O[C@@H](C)C[C@@H](N(C)C)[C@@H]2O)[C@](C)(O)C[C@@H](C)/C(=N/NS(=O)(=O)c2ccc(C)cc2)[C@H](C)[C@@H](O)[C@]1(C)O. The second-order valence-corrected chi connectivity index (χ2v) is 20.7. The molecule has 18 atom stereocenters. The van der Waals surface area contributed by atoms with E-state index >= 15 is 0 Å². The van der Waals surface area contributed by atoms with Crippen LogP contribution in [-0.2, 0) is 43.2 Å². The highest BCUT2D eigenvalue weighted by atomic mass is 32.2. The molecular formula is C44H75N3O14S. The maximum absolute atomic E-state index is 14.4. The van der Waals surface area contributed by atoms with E-state index in [0.29, 0.717) is 6.42 Å². The number of methoxy groups -OCH3 is 1. The number of nitrogens with zero attached hydrogens (tertiary/aromatic N) is 2. The minimum atomic E-state index is -4.23. The molecule has 0 amide bonds. The molecule has 3 fully saturated rings. The first-order valence-corrected chi connectivity index (χ1v) is 23.3. The van der Waals surface area contributed by atoms with Crippen LogP contribution in [0.25, 0.3) is 0 Å². The van der Waals surface area contributed by atoms with Gasteiger partial charge in [-0.15, -0.1) is 0 Å². The normalized spacial score (nSPS) is 43.8. The lowest BCUT2D eigenvalue weighted by atomic mass is 9.73. The predicted octanol–water partition coefficient (Wildman–Crippen LogP) is 2.86. The summed E-state index contributed by atoms with van der Waals surface area (Å²) in [5, 5.41) is 64.0. The number of cyclic esters (lactones) is 1. The lowest BCUT2D eigenvalue weighted by molar-refractivity contribution is -0.317. The predicted molar refractivity (Wildman–Crippen MR) is 230 cm³/mol. The number of aliphatic hydroxyl groups excluding tert-OH is 3. The number of carbonyl (C=O) groups excluding carboxylic acids is 1. The average molecular weight is 902 g/mol. The van der Waals surface area contributed by atoms with Gasteiger partial charge in [-0.25, -0.2) is 4.83 Å². The molecule has 3 heterocycles. The number of aryl methyl sites for hydroxylation is 1. The summed E-state index contributed by atoms with van der Waals surface area (Å²) < 4.78 is 64.8. The molecule has 4 rings (SSSR count). The van der Waals surface area contributed by atoms with E-state index in [1.807, 2.05) is 32.8 Å². The van der Waals surface area contributed by atoms with Crippen molar-refractivity contribution < 1.29 is 67.2 Å². The molecule has 0 aliphatic carbocycles. The van der Waals surface area contributed by atoms with Gasteiger partial charge in [-0.05, 0) is 99.9 Å². The number of hydrogen-bond donors (Lipinski definition) is 6. The second kappa shape index (κ2) is 20.5. The Bertz CT molecular complexity index is 1780. The Morgan fingerprint density at radius 1 is 0.919 bits per heavy atom. The van der Waals surface area contributed by atoms with Gasteiger partial charge in [-0.1, -0.05) is 45.4 Å². The van der Waals surface area contributed by atoms with Crippen molar-refractivity contribution >= 4 is 21.7 Å². The lowest BCUT2D eigenvalue weighted by Gasteiger charge is -2.49. The van der Waals surface area contributed by atoms with Gasteiger partial charge in [-0.3, -0.25) is 4.79 Å². The molecule has 0 radical (unpaired) electrons. The Morgan fingerprint density at radius 3 is 2.10 bits per heavy atom. The Morgan fingerprint density at radius 2 is 1.53 bits per heavy atom. The van der Waals surface area contributed by atoms with Crippen molar-refractivity contribution in [2.45, 2.75) is 191 Å². The van der Waals surface area contributed by atoms with Gasteiger partial charge < -0.3 is 58.9 Å². The van der Waals surface area contributed by atoms with E-state index in [9.17, 15) is 38.7 Å². The summed E-state index contributed by atoms with van der Waals surface area (Å²) in [6.07, 6.45) is -10.5. The van der Waals surface area contributed by atoms with Gasteiger partial charge in [0.05, 0.1) is 52.5 Å². The number of nitrogens with one attached hydrogen (secondary N) is 1. The van der Waals surface area contributed by atoms with Crippen molar-refractivity contribution in [1.82, 2.24) is 9.73 Å². The van der Waals surface area contributed by atoms with E-state index in [-0.39, 0.29) is 42.0 Å². The van der Waals surface area contributed by atoms with E-state index in [0.717, 1.165) is 5.56 Å². The summed E-state index contributed by atoms with van der Waals surface area (Å²) in [6, 6.07) is 5.79. The molecule has 0 saturated carbocycles. The minimum absolute atomic E-state index is 0.0541. The molecule has 0 aromatic heterocycles. The Kier molecular flexibility index (Phi) is 17.3. The maximum atomic E-state index is 14.4. The fourth-order valence-electron chi connectivity index (χ4n) is 9.52. The highest BCUT2D eigenvalue weighted by Gasteiger charge is 2.53. The molecule has 356 valence electrons. The summed E-state index contributed by atoms with van der Waals surface area (Å²) in [5.41, 5.74) is -4.15. The second-order valence-electron chi connectivity index (χ2n) is 19.0. The third-order valence-corrected chi connectivity index (χ3v) is 14.7. The highest BCUT2D eigenvalue weighted by molar-refractivity contribution is 7.89. The van der Waals surface area contributed by atoms with E-state index in [4.69, 9.17) is 28.4 Å². The molecular weight excluding hydrogens is 827 g/mol. The number of rotatable bonds is 10. The number of esters is 1. The Balaban J connectivity index is 1.91. The molecule has 62 heavy (non-hydrogen) atoms. The zero-order valence-electron chi connectivity index (χ0n) is 39.0. The van der Waals surface area contributed by atoms with Crippen LogP contribution in [0.4, 0.5) is 0 Å². The minimum Gasteiger partial charge on any atom is -0.459 e. The van der Waals surface area contributed by atoms with Crippen LogP contribution in [-0.4, -0.2) is 156 Å². The van der Waals surface area contributed by atoms with Crippen LogP contribution >= 0.6 is 0 Å². The highest BCUT2D eigenvalue weighted by Crippen LogP contribution is 2.41. The van der Waals surface area contributed by atoms with E-state index in [1.165, 1.54) is 33.1 Å². The van der Waals surface area contributed by atoms with Crippen LogP contribution in [0.15, 0.2) is 34.3 Å². The fourth-order valence-corrected chi connectivity index (χ4v) is 10.3. The molecule has 1 aromatic carbocycles. The third kappa shape index (κ3) is 11.5. The van der Waals surface area contributed by atoms with Gasteiger partial charge >= 0.3 is 5.97 Å². The van der Waals surface area contributed by atoms with Gasteiger partial charge in [0.25, 0.3) is 10.0 Å². The molecule has 0 bridgehead atoms. The quantitative estimate of drug-likeness (QED) is 0.146. The smallest absolute Gasteiger partial charge is 0.311 e. The monoisotopic (exact) mass is 901 g/mol. The van der Waals surface area contributed by atoms with Crippen molar-refractivity contribution in [3.8, 4) is 0 Å². The van der Waals surface area contributed by atoms with Gasteiger partial charge in [-0.2, -0.15) is 13.5 Å². The maximum Gasteiger partial charge on any atom is 0.311 e. The van der Waals surface area contributed by atoms with Gasteiger partial charge in [0.15, 0.2) is 12.6 Å². The number of ether oxygens (including phenoxy) is 6. The van der Waals surface area contributed by atoms with Crippen molar-refractivity contribution in [2.24, 2.45) is 28.8 Å². The number of sulfonamides is 1. The van der Waals surface area contributed by atoms with Crippen molar-refractivity contribution in [1.29, 1.82) is 0 Å². The zero-order valence-corrected chi connectivity index (χ0v) is 39.8. The Hall–Kier alpha value is -2.33. The molecule has 3 aliphatic heterocycles. The zero-order chi connectivity index (χ0) is 46.9. The van der Waals surface area contributed by atoms with Gasteiger partial charge in [0.2, 0.25) is 0 Å². The first-order valence-electron chi connectivity index (χ1n) is 21.8. The standard InChI is InChI=1S/C44H75N3O14S/c1-15-32-44(11,53)37(49)26(5)34(45-46-62(54,55)30-18-16-23(2)17-19-30)24(3)21-42(9,52)39(61-41-35(48)31(47(12)13)20-25(4)57-41)27(6)36(28(7)40(51)59-32)60-33-22-43(10,56-14)38(50)29(8)58-33/h16-19,24-29,31-33,35-39,41,46,48-50,52-53H,15,20-22H2,1-14H3/b45-34-/t24-,25+,26+,27+,28-,29+,31-,32-,33+,35+,36+,37-,38+,39-,41-,42-,43-,44-/m1/s1. The molecule has 6 N–H and O–H groups in total. The largest absolute Gasteiger partial charge is 0.459 e. The number of hydrogen-bond acceptors (Lipinski definition) is 16. The van der Waals surface area contributed by atoms with Crippen LogP contribution in [0.5, 0.6) is 0 Å². The van der Waals surface area contributed by atoms with Crippen LogP contribution in [0.1, 0.15) is 100 Å². The summed E-state index contributed by atoms with van der Waals surface area (Å²) in [7, 11) is 0.914. The molecule has 17 nitrogen and oxygen atoms in total. The van der Waals surface area contributed by atoms with E-state index in [1.54, 1.807) is 60.6 Å². The molecule has 1 aromatic rings. The van der Waals surface area contributed by atoms with Crippen LogP contribution in [0, 0.1) is 30.6 Å².